The van der Waals surface area contributed by atoms with E-state index in [0.717, 1.165) is 65.8 Å². The van der Waals surface area contributed by atoms with Gasteiger partial charge in [0.1, 0.15) is 12.4 Å². The van der Waals surface area contributed by atoms with Crippen LogP contribution in [0.3, 0.4) is 0 Å². The summed E-state index contributed by atoms with van der Waals surface area (Å²) in [6.07, 6.45) is 9.64. The first-order valence-electron chi connectivity index (χ1n) is 14.3. The van der Waals surface area contributed by atoms with Crippen LogP contribution in [0.15, 0.2) is 48.5 Å². The SMILES string of the molecule is CN(c1nc(Nc2ccc(OCc3ccccc3)c(CI)c2)nc(NC2CCCCCC2)n1)C1CCNCC1. The monoisotopic (exact) mass is 641 g/mol. The normalized spacial score (nSPS) is 16.9. The van der Waals surface area contributed by atoms with Crippen molar-refractivity contribution < 1.29 is 4.74 Å². The summed E-state index contributed by atoms with van der Waals surface area (Å²) in [5, 5.41) is 10.6. The standard InChI is InChI=1S/C30H40IN7O/c1-38(26-15-17-32-18-16-26)30-36-28(33-24-11-7-2-3-8-12-24)35-29(37-30)34-25-13-14-27(23(19-25)20-31)39-21-22-9-5-4-6-10-22/h4-6,9-10,13-14,19,24,26,32H,2-3,7-8,11-12,15-18,20-21H2,1H3,(H2,33,34,35,36,37). The lowest BCUT2D eigenvalue weighted by molar-refractivity contribution is 0.304. The van der Waals surface area contributed by atoms with E-state index in [-0.39, 0.29) is 0 Å². The van der Waals surface area contributed by atoms with Gasteiger partial charge in [0, 0.05) is 34.8 Å². The first-order valence-corrected chi connectivity index (χ1v) is 15.8. The number of alkyl halides is 1. The molecule has 0 amide bonds. The summed E-state index contributed by atoms with van der Waals surface area (Å²) in [5.41, 5.74) is 3.23. The van der Waals surface area contributed by atoms with Gasteiger partial charge in [0.25, 0.3) is 0 Å². The van der Waals surface area contributed by atoms with E-state index in [4.69, 9.17) is 19.7 Å². The molecule has 5 rings (SSSR count). The molecule has 0 atom stereocenters. The molecule has 1 saturated carbocycles. The van der Waals surface area contributed by atoms with Crippen LogP contribution in [-0.4, -0.2) is 47.2 Å². The molecule has 0 bridgehead atoms. The highest BCUT2D eigenvalue weighted by molar-refractivity contribution is 14.1. The lowest BCUT2D eigenvalue weighted by atomic mass is 10.1. The zero-order valence-electron chi connectivity index (χ0n) is 22.8. The van der Waals surface area contributed by atoms with Crippen molar-refractivity contribution in [3.63, 3.8) is 0 Å². The molecule has 0 spiro atoms. The predicted molar refractivity (Wildman–Crippen MR) is 167 cm³/mol. The van der Waals surface area contributed by atoms with Crippen LogP contribution in [0.1, 0.15) is 62.5 Å². The summed E-state index contributed by atoms with van der Waals surface area (Å²) in [5.74, 6) is 2.84. The largest absolute Gasteiger partial charge is 0.489 e. The van der Waals surface area contributed by atoms with Crippen LogP contribution in [0.5, 0.6) is 5.75 Å². The topological polar surface area (TPSA) is 87.2 Å². The van der Waals surface area contributed by atoms with Gasteiger partial charge in [-0.1, -0.05) is 78.6 Å². The molecule has 0 unspecified atom stereocenters. The molecular weight excluding hydrogens is 601 g/mol. The van der Waals surface area contributed by atoms with E-state index in [1.807, 2.05) is 30.3 Å². The summed E-state index contributed by atoms with van der Waals surface area (Å²) in [6.45, 7) is 2.60. The number of anilines is 4. The van der Waals surface area contributed by atoms with E-state index in [9.17, 15) is 0 Å². The Morgan fingerprint density at radius 3 is 2.41 bits per heavy atom. The van der Waals surface area contributed by atoms with Gasteiger partial charge in [-0.3, -0.25) is 0 Å². The Morgan fingerprint density at radius 1 is 0.923 bits per heavy atom. The van der Waals surface area contributed by atoms with Crippen molar-refractivity contribution in [2.75, 3.05) is 35.7 Å². The minimum atomic E-state index is 0.409. The molecular formula is C30H40IN7O. The molecule has 1 saturated heterocycles. The maximum absolute atomic E-state index is 6.16. The van der Waals surface area contributed by atoms with Crippen molar-refractivity contribution in [2.24, 2.45) is 0 Å². The molecule has 9 heteroatoms. The molecule has 1 aliphatic heterocycles. The average molecular weight is 642 g/mol. The van der Waals surface area contributed by atoms with Crippen molar-refractivity contribution in [1.82, 2.24) is 20.3 Å². The number of piperidine rings is 1. The summed E-state index contributed by atoms with van der Waals surface area (Å²) < 4.78 is 7.00. The molecule has 2 aromatic carbocycles. The van der Waals surface area contributed by atoms with Crippen molar-refractivity contribution in [1.29, 1.82) is 0 Å². The molecule has 8 nitrogen and oxygen atoms in total. The molecule has 0 radical (unpaired) electrons. The number of aromatic nitrogens is 3. The maximum Gasteiger partial charge on any atom is 0.233 e. The quantitative estimate of drug-likeness (QED) is 0.132. The Morgan fingerprint density at radius 2 is 1.67 bits per heavy atom. The van der Waals surface area contributed by atoms with Gasteiger partial charge in [-0.05, 0) is 62.5 Å². The van der Waals surface area contributed by atoms with Gasteiger partial charge < -0.3 is 25.6 Å². The van der Waals surface area contributed by atoms with E-state index in [2.05, 4.69) is 68.7 Å². The number of rotatable bonds is 10. The van der Waals surface area contributed by atoms with Crippen molar-refractivity contribution >= 4 is 46.1 Å². The zero-order chi connectivity index (χ0) is 26.9. The number of hydrogen-bond donors (Lipinski definition) is 3. The fraction of sp³-hybridized carbons (Fsp3) is 0.500. The summed E-state index contributed by atoms with van der Waals surface area (Å²) >= 11 is 2.39. The van der Waals surface area contributed by atoms with Crippen LogP contribution in [0.2, 0.25) is 0 Å². The lowest BCUT2D eigenvalue weighted by Crippen LogP contribution is -2.42. The van der Waals surface area contributed by atoms with E-state index in [1.54, 1.807) is 0 Å². The van der Waals surface area contributed by atoms with E-state index < -0.39 is 0 Å². The Balaban J connectivity index is 1.35. The minimum absolute atomic E-state index is 0.409. The van der Waals surface area contributed by atoms with Crippen molar-refractivity contribution in [3.05, 3.63) is 59.7 Å². The van der Waals surface area contributed by atoms with Crippen LogP contribution in [0, 0.1) is 0 Å². The molecule has 2 fully saturated rings. The Labute approximate surface area is 245 Å². The molecule has 2 aliphatic rings. The van der Waals surface area contributed by atoms with Gasteiger partial charge in [0.2, 0.25) is 17.8 Å². The average Bonchev–Trinajstić information content (AvgIpc) is 3.25. The third kappa shape index (κ3) is 7.94. The first kappa shape index (κ1) is 27.9. The predicted octanol–water partition coefficient (Wildman–Crippen LogP) is 6.45. The van der Waals surface area contributed by atoms with Crippen molar-refractivity contribution in [2.45, 2.75) is 74.5 Å². The highest BCUT2D eigenvalue weighted by Crippen LogP contribution is 2.29. The molecule has 1 aromatic heterocycles. The van der Waals surface area contributed by atoms with E-state index in [1.165, 1.54) is 25.7 Å². The van der Waals surface area contributed by atoms with Gasteiger partial charge in [0.05, 0.1) is 0 Å². The highest BCUT2D eigenvalue weighted by atomic mass is 127. The number of nitrogens with one attached hydrogen (secondary N) is 3. The number of halogens is 1. The van der Waals surface area contributed by atoms with Crippen LogP contribution < -0.4 is 25.6 Å². The Bertz CT molecular complexity index is 1180. The van der Waals surface area contributed by atoms with Gasteiger partial charge >= 0.3 is 0 Å². The van der Waals surface area contributed by atoms with Gasteiger partial charge in [0.15, 0.2) is 0 Å². The number of ether oxygens (including phenoxy) is 1. The minimum Gasteiger partial charge on any atom is -0.489 e. The number of nitrogens with zero attached hydrogens (tertiary/aromatic N) is 4. The van der Waals surface area contributed by atoms with Crippen molar-refractivity contribution in [3.8, 4) is 5.75 Å². The van der Waals surface area contributed by atoms with E-state index >= 15 is 0 Å². The van der Waals surface area contributed by atoms with Crippen LogP contribution in [-0.2, 0) is 11.0 Å². The summed E-state index contributed by atoms with van der Waals surface area (Å²) in [4.78, 5) is 16.8. The van der Waals surface area contributed by atoms with Crippen LogP contribution >= 0.6 is 22.6 Å². The fourth-order valence-electron chi connectivity index (χ4n) is 5.37. The first-order chi connectivity index (χ1) is 19.2. The zero-order valence-corrected chi connectivity index (χ0v) is 25.0. The van der Waals surface area contributed by atoms with Crippen LogP contribution in [0.25, 0.3) is 0 Å². The number of benzene rings is 2. The molecule has 208 valence electrons. The molecule has 3 aromatic rings. The number of hydrogen-bond acceptors (Lipinski definition) is 8. The second kappa shape index (κ2) is 14.1. The molecule has 2 heterocycles. The van der Waals surface area contributed by atoms with E-state index in [0.29, 0.717) is 36.5 Å². The lowest BCUT2D eigenvalue weighted by Gasteiger charge is -2.32. The third-order valence-corrected chi connectivity index (χ3v) is 8.50. The molecule has 1 aliphatic carbocycles. The Kier molecular flexibility index (Phi) is 10.1. The fourth-order valence-corrected chi connectivity index (χ4v) is 5.97. The smallest absolute Gasteiger partial charge is 0.233 e. The maximum atomic E-state index is 6.16. The van der Waals surface area contributed by atoms with Gasteiger partial charge in [-0.2, -0.15) is 15.0 Å². The molecule has 3 N–H and O–H groups in total. The highest BCUT2D eigenvalue weighted by Gasteiger charge is 2.22. The second-order valence-electron chi connectivity index (χ2n) is 10.6. The third-order valence-electron chi connectivity index (χ3n) is 7.68. The second-order valence-corrected chi connectivity index (χ2v) is 11.3. The van der Waals surface area contributed by atoms with Gasteiger partial charge in [-0.15, -0.1) is 0 Å². The Hall–Kier alpha value is -2.66. The van der Waals surface area contributed by atoms with Gasteiger partial charge in [-0.25, -0.2) is 0 Å². The van der Waals surface area contributed by atoms with Crippen LogP contribution in [0.4, 0.5) is 23.5 Å². The summed E-state index contributed by atoms with van der Waals surface area (Å²) in [6, 6.07) is 17.3. The summed E-state index contributed by atoms with van der Waals surface area (Å²) in [7, 11) is 2.11. The molecule has 39 heavy (non-hydrogen) atoms.